The number of hydrogen-bond acceptors (Lipinski definition) is 3. The predicted molar refractivity (Wildman–Crippen MR) is 67.3 cm³/mol. The van der Waals surface area contributed by atoms with E-state index in [9.17, 15) is 4.79 Å². The van der Waals surface area contributed by atoms with Gasteiger partial charge in [-0.3, -0.25) is 0 Å². The topological polar surface area (TPSA) is 39.2 Å². The number of nitrogens with zero attached hydrogens (tertiary/aromatic N) is 1. The van der Waals surface area contributed by atoms with Gasteiger partial charge < -0.3 is 4.74 Å². The highest BCUT2D eigenvalue weighted by molar-refractivity contribution is 5.94. The molecule has 0 saturated heterocycles. The SMILES string of the molecule is COC(=O)c1cc(C)c2c(C)ccc(C)c2n1. The lowest BCUT2D eigenvalue weighted by Crippen LogP contribution is -2.06. The van der Waals surface area contributed by atoms with Crippen molar-refractivity contribution in [1.82, 2.24) is 4.98 Å². The molecule has 0 fully saturated rings. The lowest BCUT2D eigenvalue weighted by molar-refractivity contribution is 0.0594. The van der Waals surface area contributed by atoms with Crippen LogP contribution >= 0.6 is 0 Å². The molecule has 0 radical (unpaired) electrons. The molecule has 2 rings (SSSR count). The van der Waals surface area contributed by atoms with Gasteiger partial charge in [0.25, 0.3) is 0 Å². The average Bonchev–Trinajstić information content (AvgIpc) is 2.32. The minimum Gasteiger partial charge on any atom is -0.464 e. The normalized spacial score (nSPS) is 10.6. The maximum atomic E-state index is 11.5. The van der Waals surface area contributed by atoms with Crippen LogP contribution in [-0.2, 0) is 4.74 Å². The zero-order chi connectivity index (χ0) is 12.6. The van der Waals surface area contributed by atoms with E-state index in [4.69, 9.17) is 4.74 Å². The minimum absolute atomic E-state index is 0.367. The Kier molecular flexibility index (Phi) is 2.84. The number of hydrogen-bond donors (Lipinski definition) is 0. The third-order valence-electron chi connectivity index (χ3n) is 2.96. The number of fused-ring (bicyclic) bond motifs is 1. The first-order valence-electron chi connectivity index (χ1n) is 5.50. The highest BCUT2D eigenvalue weighted by atomic mass is 16.5. The Morgan fingerprint density at radius 2 is 1.76 bits per heavy atom. The Morgan fingerprint density at radius 1 is 1.12 bits per heavy atom. The van der Waals surface area contributed by atoms with E-state index in [0.717, 1.165) is 22.0 Å². The zero-order valence-corrected chi connectivity index (χ0v) is 10.5. The van der Waals surface area contributed by atoms with Crippen molar-refractivity contribution in [3.8, 4) is 0 Å². The molecule has 0 bridgehead atoms. The summed E-state index contributed by atoms with van der Waals surface area (Å²) < 4.78 is 4.71. The molecule has 1 aromatic heterocycles. The summed E-state index contributed by atoms with van der Waals surface area (Å²) in [7, 11) is 1.37. The van der Waals surface area contributed by atoms with Crippen molar-refractivity contribution >= 4 is 16.9 Å². The maximum Gasteiger partial charge on any atom is 0.356 e. The van der Waals surface area contributed by atoms with Gasteiger partial charge in [-0.25, -0.2) is 9.78 Å². The number of esters is 1. The van der Waals surface area contributed by atoms with Crippen molar-refractivity contribution in [2.45, 2.75) is 20.8 Å². The van der Waals surface area contributed by atoms with Gasteiger partial charge in [0, 0.05) is 5.39 Å². The van der Waals surface area contributed by atoms with Crippen molar-refractivity contribution < 1.29 is 9.53 Å². The minimum atomic E-state index is -0.393. The Morgan fingerprint density at radius 3 is 2.41 bits per heavy atom. The van der Waals surface area contributed by atoms with Gasteiger partial charge >= 0.3 is 5.97 Å². The Labute approximate surface area is 100 Å². The Balaban J connectivity index is 2.82. The number of aromatic nitrogens is 1. The molecule has 0 aliphatic carbocycles. The van der Waals surface area contributed by atoms with Crippen LogP contribution in [0.3, 0.4) is 0 Å². The molecule has 0 N–H and O–H groups in total. The molecule has 3 heteroatoms. The second-order valence-corrected chi connectivity index (χ2v) is 4.24. The number of carbonyl (C=O) groups excluding carboxylic acids is 1. The fraction of sp³-hybridized carbons (Fsp3) is 0.286. The molecule has 0 aliphatic heterocycles. The number of rotatable bonds is 1. The van der Waals surface area contributed by atoms with E-state index in [-0.39, 0.29) is 0 Å². The predicted octanol–water partition coefficient (Wildman–Crippen LogP) is 2.95. The lowest BCUT2D eigenvalue weighted by atomic mass is 10.0. The first-order chi connectivity index (χ1) is 8.04. The fourth-order valence-electron chi connectivity index (χ4n) is 2.08. The van der Waals surface area contributed by atoms with Gasteiger partial charge in [-0.2, -0.15) is 0 Å². The Hall–Kier alpha value is -1.90. The smallest absolute Gasteiger partial charge is 0.356 e. The van der Waals surface area contributed by atoms with Gasteiger partial charge in [-0.1, -0.05) is 12.1 Å². The van der Waals surface area contributed by atoms with Crippen LogP contribution in [0.1, 0.15) is 27.2 Å². The van der Waals surface area contributed by atoms with E-state index < -0.39 is 5.97 Å². The van der Waals surface area contributed by atoms with Crippen LogP contribution in [0.2, 0.25) is 0 Å². The second-order valence-electron chi connectivity index (χ2n) is 4.24. The van der Waals surface area contributed by atoms with Crippen LogP contribution in [0.25, 0.3) is 10.9 Å². The van der Waals surface area contributed by atoms with Gasteiger partial charge in [-0.05, 0) is 43.5 Å². The van der Waals surface area contributed by atoms with E-state index in [0.29, 0.717) is 5.69 Å². The van der Waals surface area contributed by atoms with Gasteiger partial charge in [0.05, 0.1) is 12.6 Å². The summed E-state index contributed by atoms with van der Waals surface area (Å²) in [5.41, 5.74) is 4.54. The van der Waals surface area contributed by atoms with Crippen molar-refractivity contribution in [3.63, 3.8) is 0 Å². The number of benzene rings is 1. The lowest BCUT2D eigenvalue weighted by Gasteiger charge is -2.09. The van der Waals surface area contributed by atoms with Crippen molar-refractivity contribution in [2.24, 2.45) is 0 Å². The van der Waals surface area contributed by atoms with Crippen LogP contribution in [0.5, 0.6) is 0 Å². The summed E-state index contributed by atoms with van der Waals surface area (Å²) in [6.07, 6.45) is 0. The van der Waals surface area contributed by atoms with Gasteiger partial charge in [0.2, 0.25) is 0 Å². The molecule has 2 aromatic rings. The Bertz CT molecular complexity index is 603. The number of ether oxygens (including phenoxy) is 1. The molecule has 0 amide bonds. The summed E-state index contributed by atoms with van der Waals surface area (Å²) in [5, 5.41) is 1.12. The maximum absolute atomic E-state index is 11.5. The summed E-state index contributed by atoms with van der Waals surface area (Å²) in [6.45, 7) is 6.03. The number of aryl methyl sites for hydroxylation is 3. The van der Waals surface area contributed by atoms with Crippen LogP contribution < -0.4 is 0 Å². The van der Waals surface area contributed by atoms with Gasteiger partial charge in [0.1, 0.15) is 5.69 Å². The summed E-state index contributed by atoms with van der Waals surface area (Å²) in [6, 6.07) is 5.87. The van der Waals surface area contributed by atoms with E-state index in [1.54, 1.807) is 6.07 Å². The molecule has 1 aromatic carbocycles. The van der Waals surface area contributed by atoms with Crippen molar-refractivity contribution in [1.29, 1.82) is 0 Å². The molecule has 0 atom stereocenters. The molecular formula is C14H15NO2. The molecule has 17 heavy (non-hydrogen) atoms. The van der Waals surface area contributed by atoms with Crippen LogP contribution in [0.4, 0.5) is 0 Å². The quantitative estimate of drug-likeness (QED) is 0.706. The van der Waals surface area contributed by atoms with Gasteiger partial charge in [-0.15, -0.1) is 0 Å². The number of pyridine rings is 1. The third-order valence-corrected chi connectivity index (χ3v) is 2.96. The van der Waals surface area contributed by atoms with Crippen LogP contribution in [0.15, 0.2) is 18.2 Å². The average molecular weight is 229 g/mol. The summed E-state index contributed by atoms with van der Waals surface area (Å²) in [5.74, 6) is -0.393. The molecule has 0 aliphatic rings. The molecule has 0 unspecified atom stereocenters. The molecule has 1 heterocycles. The molecule has 0 spiro atoms. The first-order valence-corrected chi connectivity index (χ1v) is 5.50. The highest BCUT2D eigenvalue weighted by Gasteiger charge is 2.12. The largest absolute Gasteiger partial charge is 0.464 e. The van der Waals surface area contributed by atoms with Gasteiger partial charge in [0.15, 0.2) is 0 Å². The monoisotopic (exact) mass is 229 g/mol. The number of methoxy groups -OCH3 is 1. The first kappa shape index (κ1) is 11.6. The second kappa shape index (κ2) is 4.17. The molecule has 88 valence electrons. The van der Waals surface area contributed by atoms with E-state index >= 15 is 0 Å². The van der Waals surface area contributed by atoms with Crippen molar-refractivity contribution in [2.75, 3.05) is 7.11 Å². The molecule has 3 nitrogen and oxygen atoms in total. The van der Waals surface area contributed by atoms with E-state index in [1.165, 1.54) is 12.7 Å². The van der Waals surface area contributed by atoms with Crippen molar-refractivity contribution in [3.05, 3.63) is 40.6 Å². The van der Waals surface area contributed by atoms with E-state index in [2.05, 4.69) is 11.1 Å². The highest BCUT2D eigenvalue weighted by Crippen LogP contribution is 2.24. The zero-order valence-electron chi connectivity index (χ0n) is 10.5. The van der Waals surface area contributed by atoms with Crippen LogP contribution in [-0.4, -0.2) is 18.1 Å². The van der Waals surface area contributed by atoms with E-state index in [1.807, 2.05) is 26.8 Å². The van der Waals surface area contributed by atoms with Crippen LogP contribution in [0, 0.1) is 20.8 Å². The fourth-order valence-corrected chi connectivity index (χ4v) is 2.08. The summed E-state index contributed by atoms with van der Waals surface area (Å²) in [4.78, 5) is 15.9. The number of carbonyl (C=O) groups is 1. The molecule has 0 saturated carbocycles. The summed E-state index contributed by atoms with van der Waals surface area (Å²) >= 11 is 0. The third kappa shape index (κ3) is 1.88. The standard InChI is InChI=1S/C14H15NO2/c1-8-5-6-9(2)13-12(8)10(3)7-11(15-13)14(16)17-4/h5-7H,1-4H3. The molecular weight excluding hydrogens is 214 g/mol.